The van der Waals surface area contributed by atoms with E-state index in [0.29, 0.717) is 17.0 Å². The quantitative estimate of drug-likeness (QED) is 0.111. The first kappa shape index (κ1) is 35.2. The average molecular weight is 728 g/mol. The summed E-state index contributed by atoms with van der Waals surface area (Å²) < 4.78 is 61.7. The lowest BCUT2D eigenvalue weighted by Gasteiger charge is -2.46. The molecule has 0 saturated carbocycles. The van der Waals surface area contributed by atoms with Gasteiger partial charge < -0.3 is 23.4 Å². The Hall–Kier alpha value is -4.22. The van der Waals surface area contributed by atoms with Crippen LogP contribution in [0.25, 0.3) is 10.6 Å². The number of ether oxygens (including phenoxy) is 4. The lowest BCUT2D eigenvalue weighted by molar-refractivity contribution is -0.286. The number of benzene rings is 4. The Morgan fingerprint density at radius 2 is 1.29 bits per heavy atom. The minimum absolute atomic E-state index is 0.0955. The number of hydrogen-bond acceptors (Lipinski definition) is 7. The molecule has 0 N–H and O–H groups in total. The Labute approximate surface area is 304 Å². The van der Waals surface area contributed by atoms with Crippen molar-refractivity contribution in [3.8, 4) is 10.6 Å². The maximum absolute atomic E-state index is 15.1. The second-order valence-electron chi connectivity index (χ2n) is 12.3. The van der Waals surface area contributed by atoms with E-state index in [1.807, 2.05) is 109 Å². The first-order valence-corrected chi connectivity index (χ1v) is 17.9. The first-order chi connectivity index (χ1) is 25.0. The number of rotatable bonds is 14. The van der Waals surface area contributed by atoms with E-state index in [1.54, 1.807) is 24.6 Å². The number of alkyl halides is 2. The van der Waals surface area contributed by atoms with Gasteiger partial charge in [-0.1, -0.05) is 115 Å². The molecule has 51 heavy (non-hydrogen) atoms. The van der Waals surface area contributed by atoms with Gasteiger partial charge in [0.05, 0.1) is 36.0 Å². The molecule has 0 amide bonds. The molecule has 4 aromatic carbocycles. The predicted molar refractivity (Wildman–Crippen MR) is 193 cm³/mol. The van der Waals surface area contributed by atoms with E-state index in [9.17, 15) is 0 Å². The molecule has 3 heterocycles. The number of thiazole rings is 1. The smallest absolute Gasteiger partial charge is 0.267 e. The minimum atomic E-state index is -2.87. The predicted octanol–water partition coefficient (Wildman–Crippen LogP) is 10.1. The zero-order valence-electron chi connectivity index (χ0n) is 27.5. The van der Waals surface area contributed by atoms with Gasteiger partial charge in [0.25, 0.3) is 6.43 Å². The van der Waals surface area contributed by atoms with E-state index in [4.69, 9.17) is 35.0 Å². The molecule has 2 aromatic heterocycles. The van der Waals surface area contributed by atoms with Crippen molar-refractivity contribution >= 4 is 22.9 Å². The summed E-state index contributed by atoms with van der Waals surface area (Å²) in [5.74, 6) is 0.733. The number of hydrogen-bond donors (Lipinski definition) is 0. The summed E-state index contributed by atoms with van der Waals surface area (Å²) >= 11 is 8.24. The van der Waals surface area contributed by atoms with Crippen molar-refractivity contribution in [1.82, 2.24) is 4.98 Å². The third-order valence-electron chi connectivity index (χ3n) is 8.74. The van der Waals surface area contributed by atoms with Gasteiger partial charge in [-0.25, -0.2) is 13.8 Å². The number of aromatic nitrogens is 1. The lowest BCUT2D eigenvalue weighted by Crippen LogP contribution is -2.59. The van der Waals surface area contributed by atoms with Gasteiger partial charge in [-0.05, 0) is 46.0 Å². The summed E-state index contributed by atoms with van der Waals surface area (Å²) in [5.41, 5.74) is 4.07. The van der Waals surface area contributed by atoms with Crippen molar-refractivity contribution in [2.75, 3.05) is 0 Å². The van der Waals surface area contributed by atoms with Crippen LogP contribution in [0.3, 0.4) is 0 Å². The highest BCUT2D eigenvalue weighted by molar-refractivity contribution is 7.15. The zero-order valence-corrected chi connectivity index (χ0v) is 29.1. The van der Waals surface area contributed by atoms with Gasteiger partial charge in [0.2, 0.25) is 0 Å². The fourth-order valence-electron chi connectivity index (χ4n) is 6.20. The summed E-state index contributed by atoms with van der Waals surface area (Å²) in [7, 11) is 0. The third kappa shape index (κ3) is 8.81. The number of nitrogens with zero attached hydrogens (tertiary/aromatic N) is 1. The molecule has 0 radical (unpaired) electrons. The van der Waals surface area contributed by atoms with Gasteiger partial charge in [0.1, 0.15) is 36.3 Å². The van der Waals surface area contributed by atoms with Gasteiger partial charge >= 0.3 is 0 Å². The second kappa shape index (κ2) is 16.9. The van der Waals surface area contributed by atoms with Crippen LogP contribution in [-0.2, 0) is 45.2 Å². The van der Waals surface area contributed by atoms with Crippen LogP contribution in [0.2, 0.25) is 5.02 Å². The van der Waals surface area contributed by atoms with Gasteiger partial charge in [-0.15, -0.1) is 11.3 Å². The van der Waals surface area contributed by atoms with Crippen molar-refractivity contribution in [2.45, 2.75) is 63.2 Å². The van der Waals surface area contributed by atoms with Gasteiger partial charge in [0, 0.05) is 17.6 Å². The van der Waals surface area contributed by atoms with Crippen LogP contribution in [0.15, 0.2) is 138 Å². The molecular formula is C41H36ClF2NO5S. The molecule has 1 aliphatic heterocycles. The molecule has 1 fully saturated rings. The van der Waals surface area contributed by atoms with Crippen LogP contribution in [0.1, 0.15) is 38.9 Å². The fourth-order valence-corrected chi connectivity index (χ4v) is 7.29. The Bertz CT molecular complexity index is 1950. The minimum Gasteiger partial charge on any atom is -0.463 e. The van der Waals surface area contributed by atoms with E-state index < -0.39 is 36.9 Å². The van der Waals surface area contributed by atoms with Gasteiger partial charge in [-0.2, -0.15) is 0 Å². The van der Waals surface area contributed by atoms with Crippen molar-refractivity contribution in [3.63, 3.8) is 0 Å². The number of halogens is 3. The topological polar surface area (TPSA) is 63.0 Å². The van der Waals surface area contributed by atoms with E-state index in [0.717, 1.165) is 37.9 Å². The Morgan fingerprint density at radius 1 is 0.706 bits per heavy atom. The zero-order chi connectivity index (χ0) is 35.0. The van der Waals surface area contributed by atoms with Crippen LogP contribution in [-0.4, -0.2) is 35.8 Å². The summed E-state index contributed by atoms with van der Waals surface area (Å²) in [6.07, 6.45) is -4.49. The molecule has 0 aliphatic carbocycles. The first-order valence-electron chi connectivity index (χ1n) is 16.7. The van der Waals surface area contributed by atoms with Crippen molar-refractivity contribution in [2.24, 2.45) is 0 Å². The van der Waals surface area contributed by atoms with E-state index in [-0.39, 0.29) is 19.8 Å². The van der Waals surface area contributed by atoms with Crippen LogP contribution < -0.4 is 0 Å². The highest BCUT2D eigenvalue weighted by atomic mass is 35.5. The Kier molecular flexibility index (Phi) is 11.6. The largest absolute Gasteiger partial charge is 0.463 e. The third-order valence-corrected chi connectivity index (χ3v) is 10.1. The summed E-state index contributed by atoms with van der Waals surface area (Å²) in [5, 5.41) is 1.35. The molecule has 6 aromatic rings. The van der Waals surface area contributed by atoms with E-state index in [2.05, 4.69) is 4.98 Å². The van der Waals surface area contributed by atoms with Crippen LogP contribution in [0.5, 0.6) is 0 Å². The molecule has 10 heteroatoms. The van der Waals surface area contributed by atoms with Gasteiger partial charge in [0.15, 0.2) is 0 Å². The molecule has 0 bridgehead atoms. The molecule has 0 unspecified atom stereocenters. The molecule has 1 aliphatic rings. The van der Waals surface area contributed by atoms with Crippen LogP contribution in [0.4, 0.5) is 8.78 Å². The molecule has 5 atom stereocenters. The molecule has 7 rings (SSSR count). The number of furan rings is 1. The Balaban J connectivity index is 1.24. The fraction of sp³-hybridized carbons (Fsp3) is 0.244. The molecule has 262 valence electrons. The van der Waals surface area contributed by atoms with Crippen molar-refractivity contribution < 1.29 is 32.1 Å². The molecule has 0 spiro atoms. The highest BCUT2D eigenvalue weighted by Gasteiger charge is 2.52. The van der Waals surface area contributed by atoms with Crippen LogP contribution in [0, 0.1) is 0 Å². The van der Waals surface area contributed by atoms with E-state index >= 15 is 8.78 Å². The second-order valence-corrected chi connectivity index (χ2v) is 13.8. The SMILES string of the molecule is FC(F)[C@H]1O[C@@H](c2ccc(Cl)c(Cc3ncc(-c4ccco4)s3)c2)[C@H](OCc2ccccc2)[C@@H](OCc2ccccc2)[C@@H]1OCc1ccccc1. The summed E-state index contributed by atoms with van der Waals surface area (Å²) in [6.45, 7) is 0.465. The van der Waals surface area contributed by atoms with Crippen molar-refractivity contribution in [3.05, 3.63) is 172 Å². The highest BCUT2D eigenvalue weighted by Crippen LogP contribution is 2.41. The standard InChI is InChI=1S/C41H36ClF2NO5S/c42-32-19-18-30(21-31(32)22-35-45-23-34(51-35)33-17-10-20-46-33)36-37(47-24-27-11-4-1-5-12-27)38(48-25-28-13-6-2-7-14-28)39(40(50-36)41(43)44)49-26-29-15-8-3-9-16-29/h1-21,23,36-41H,22,24-26H2/t36-,37-,38+,39-,40-/m0/s1. The monoisotopic (exact) mass is 727 g/mol. The van der Waals surface area contributed by atoms with Crippen molar-refractivity contribution in [1.29, 1.82) is 0 Å². The normalized spacial score (nSPS) is 20.5. The van der Waals surface area contributed by atoms with Gasteiger partial charge in [-0.3, -0.25) is 0 Å². The van der Waals surface area contributed by atoms with Crippen LogP contribution >= 0.6 is 22.9 Å². The summed E-state index contributed by atoms with van der Waals surface area (Å²) in [6, 6.07) is 37.9. The molecule has 6 nitrogen and oxygen atoms in total. The maximum Gasteiger partial charge on any atom is 0.267 e. The van der Waals surface area contributed by atoms with E-state index in [1.165, 1.54) is 11.3 Å². The lowest BCUT2D eigenvalue weighted by atomic mass is 9.89. The molecular weight excluding hydrogens is 692 g/mol. The summed E-state index contributed by atoms with van der Waals surface area (Å²) in [4.78, 5) is 5.49. The average Bonchev–Trinajstić information content (AvgIpc) is 3.87. The molecule has 1 saturated heterocycles. The Morgan fingerprint density at radius 3 is 1.86 bits per heavy atom. The maximum atomic E-state index is 15.1.